The topological polar surface area (TPSA) is 80.3 Å². The van der Waals surface area contributed by atoms with Gasteiger partial charge in [-0.3, -0.25) is 8.42 Å². The van der Waals surface area contributed by atoms with Crippen LogP contribution in [0.2, 0.25) is 0 Å². The first-order chi connectivity index (χ1) is 11.1. The van der Waals surface area contributed by atoms with Crippen LogP contribution in [0.4, 0.5) is 0 Å². The fourth-order valence-electron chi connectivity index (χ4n) is 2.22. The van der Waals surface area contributed by atoms with Gasteiger partial charge in [0, 0.05) is 9.79 Å². The monoisotopic (exact) mass is 406 g/mol. The summed E-state index contributed by atoms with van der Waals surface area (Å²) in [6, 6.07) is 6.93. The molecule has 0 aliphatic carbocycles. The number of benzene rings is 2. The van der Waals surface area contributed by atoms with E-state index in [1.807, 2.05) is 53.7 Å². The van der Waals surface area contributed by atoms with Crippen LogP contribution in [0.15, 0.2) is 34.1 Å². The maximum Gasteiger partial charge on any atom is 2.00 e. The maximum absolute atomic E-state index is 10.7. The van der Waals surface area contributed by atoms with Gasteiger partial charge in [0.1, 0.15) is 0 Å². The Kier molecular flexibility index (Phi) is 10.9. The Balaban J connectivity index is 0.000000443. The van der Waals surface area contributed by atoms with Gasteiger partial charge in [-0.1, -0.05) is 12.1 Å². The third-order valence-electron chi connectivity index (χ3n) is 4.38. The van der Waals surface area contributed by atoms with Crippen molar-refractivity contribution in [1.82, 2.24) is 0 Å². The van der Waals surface area contributed by atoms with Gasteiger partial charge < -0.3 is 9.11 Å². The second-order valence-electron chi connectivity index (χ2n) is 5.73. The van der Waals surface area contributed by atoms with Crippen LogP contribution in [0.1, 0.15) is 33.4 Å². The second-order valence-corrected chi connectivity index (χ2v) is 7.55. The molecule has 0 radical (unpaired) electrons. The van der Waals surface area contributed by atoms with Crippen molar-refractivity contribution in [2.24, 2.45) is 0 Å². The summed E-state index contributed by atoms with van der Waals surface area (Å²) in [5, 5.41) is 0. The van der Waals surface area contributed by atoms with Crippen molar-refractivity contribution in [3.05, 3.63) is 57.6 Å². The fraction of sp³-hybridized carbons (Fsp3) is 0.333. The van der Waals surface area contributed by atoms with Crippen LogP contribution >= 0.6 is 0 Å². The zero-order valence-electron chi connectivity index (χ0n) is 15.5. The minimum atomic E-state index is -2.11. The van der Waals surface area contributed by atoms with E-state index in [1.54, 1.807) is 12.1 Å². The van der Waals surface area contributed by atoms with E-state index in [1.165, 1.54) is 0 Å². The number of rotatable bonds is 2. The molecule has 0 fully saturated rings. The normalized spacial score (nSPS) is 12.5. The molecule has 132 valence electrons. The molecule has 0 bridgehead atoms. The third kappa shape index (κ3) is 6.54. The van der Waals surface area contributed by atoms with Crippen molar-refractivity contribution in [2.75, 3.05) is 0 Å². The molecular formula is C18H22CaO4S2. The first-order valence-electron chi connectivity index (χ1n) is 7.40. The van der Waals surface area contributed by atoms with Gasteiger partial charge in [-0.05, 0) is 109 Å². The number of aryl methyl sites for hydroxylation is 2. The van der Waals surface area contributed by atoms with Crippen molar-refractivity contribution in [1.29, 1.82) is 0 Å². The average molecular weight is 407 g/mol. The Morgan fingerprint density at radius 2 is 0.880 bits per heavy atom. The Morgan fingerprint density at radius 3 is 1.12 bits per heavy atom. The molecule has 0 N–H and O–H groups in total. The molecule has 0 heterocycles. The fourth-order valence-corrected chi connectivity index (χ4v) is 3.39. The van der Waals surface area contributed by atoms with Gasteiger partial charge in [0.25, 0.3) is 0 Å². The quantitative estimate of drug-likeness (QED) is 0.566. The van der Waals surface area contributed by atoms with Gasteiger partial charge in [-0.25, -0.2) is 0 Å². The molecule has 0 aromatic heterocycles. The molecule has 0 aliphatic heterocycles. The minimum Gasteiger partial charge on any atom is -0.768 e. The molecule has 2 rings (SSSR count). The van der Waals surface area contributed by atoms with Crippen LogP contribution in [0.3, 0.4) is 0 Å². The largest absolute Gasteiger partial charge is 2.00 e. The zero-order valence-corrected chi connectivity index (χ0v) is 19.3. The Labute approximate surface area is 185 Å². The summed E-state index contributed by atoms with van der Waals surface area (Å²) in [5.41, 5.74) is 6.06. The molecule has 2 aromatic carbocycles. The van der Waals surface area contributed by atoms with Crippen molar-refractivity contribution >= 4 is 59.9 Å². The molecular weight excluding hydrogens is 384 g/mol. The van der Waals surface area contributed by atoms with Gasteiger partial charge >= 0.3 is 37.7 Å². The van der Waals surface area contributed by atoms with E-state index in [9.17, 15) is 17.5 Å². The van der Waals surface area contributed by atoms with E-state index < -0.39 is 22.2 Å². The van der Waals surface area contributed by atoms with E-state index in [0.717, 1.165) is 33.4 Å². The van der Waals surface area contributed by atoms with Crippen molar-refractivity contribution in [2.45, 2.75) is 51.3 Å². The maximum atomic E-state index is 10.7. The third-order valence-corrected chi connectivity index (χ3v) is 5.98. The van der Waals surface area contributed by atoms with Gasteiger partial charge in [0.05, 0.1) is 0 Å². The summed E-state index contributed by atoms with van der Waals surface area (Å²) in [6.07, 6.45) is 0. The molecule has 2 aromatic rings. The van der Waals surface area contributed by atoms with E-state index in [-0.39, 0.29) is 37.7 Å². The van der Waals surface area contributed by atoms with Crippen LogP contribution in [0, 0.1) is 41.5 Å². The molecule has 2 atom stereocenters. The summed E-state index contributed by atoms with van der Waals surface area (Å²) in [4.78, 5) is 0.802. The van der Waals surface area contributed by atoms with E-state index in [2.05, 4.69) is 0 Å². The summed E-state index contributed by atoms with van der Waals surface area (Å²) in [6.45, 7) is 11.5. The zero-order chi connectivity index (χ0) is 18.6. The summed E-state index contributed by atoms with van der Waals surface area (Å²) < 4.78 is 42.7. The van der Waals surface area contributed by atoms with Crippen LogP contribution in [0.25, 0.3) is 0 Å². The molecule has 0 saturated carbocycles. The van der Waals surface area contributed by atoms with Gasteiger partial charge in [0.2, 0.25) is 0 Å². The molecule has 7 heteroatoms. The average Bonchev–Trinajstić information content (AvgIpc) is 2.50. The Hall–Kier alpha value is -0.0803. The second kappa shape index (κ2) is 10.9. The first-order valence-corrected chi connectivity index (χ1v) is 9.55. The molecule has 0 amide bonds. The van der Waals surface area contributed by atoms with Crippen LogP contribution in [-0.2, 0) is 22.2 Å². The molecule has 0 spiro atoms. The summed E-state index contributed by atoms with van der Waals surface area (Å²) in [7, 11) is 0. The smallest absolute Gasteiger partial charge is 0.768 e. The first kappa shape index (κ1) is 24.9. The van der Waals surface area contributed by atoms with E-state index in [4.69, 9.17) is 0 Å². The van der Waals surface area contributed by atoms with Gasteiger partial charge in [-0.2, -0.15) is 0 Å². The van der Waals surface area contributed by atoms with Crippen LogP contribution < -0.4 is 0 Å². The van der Waals surface area contributed by atoms with E-state index in [0.29, 0.717) is 9.79 Å². The molecule has 25 heavy (non-hydrogen) atoms. The van der Waals surface area contributed by atoms with Gasteiger partial charge in [0.15, 0.2) is 0 Å². The minimum absolute atomic E-state index is 0. The molecule has 0 aliphatic rings. The van der Waals surface area contributed by atoms with Crippen LogP contribution in [0.5, 0.6) is 0 Å². The Morgan fingerprint density at radius 1 is 0.600 bits per heavy atom. The van der Waals surface area contributed by atoms with Crippen molar-refractivity contribution < 1.29 is 17.5 Å². The van der Waals surface area contributed by atoms with Crippen LogP contribution in [-0.4, -0.2) is 55.3 Å². The standard InChI is InChI=1S/2C9H12O2S.Ca/c2*1-6-4-5-9(12(10)11)8(3)7(6)2;/h2*4-5H,1-3H3,(H,10,11);/q;;+2/p-2. The van der Waals surface area contributed by atoms with Crippen molar-refractivity contribution in [3.63, 3.8) is 0 Å². The molecule has 0 saturated heterocycles. The summed E-state index contributed by atoms with van der Waals surface area (Å²) in [5.74, 6) is 0. The molecule has 2 unspecified atom stereocenters. The predicted molar refractivity (Wildman–Crippen MR) is 101 cm³/mol. The Bertz CT molecular complexity index is 737. The predicted octanol–water partition coefficient (Wildman–Crippen LogP) is 3.32. The molecule has 4 nitrogen and oxygen atoms in total. The van der Waals surface area contributed by atoms with Gasteiger partial charge in [-0.15, -0.1) is 0 Å². The SMILES string of the molecule is Cc1ccc(S(=O)[O-])c(C)c1C.Cc1ccc(S(=O)[O-])c(C)c1C.[Ca+2]. The number of hydrogen-bond donors (Lipinski definition) is 0. The van der Waals surface area contributed by atoms with Crippen molar-refractivity contribution in [3.8, 4) is 0 Å². The number of hydrogen-bond acceptors (Lipinski definition) is 4. The van der Waals surface area contributed by atoms with E-state index >= 15 is 0 Å². The summed E-state index contributed by atoms with van der Waals surface area (Å²) >= 11 is -4.22.